The van der Waals surface area contributed by atoms with Gasteiger partial charge in [-0.2, -0.15) is 8.42 Å². The van der Waals surface area contributed by atoms with Gasteiger partial charge in [0.05, 0.1) is 12.4 Å². The minimum Gasteiger partial charge on any atom is -0.383 e. The molecule has 0 aliphatic rings. The molecule has 1 rings (SSSR count). The summed E-state index contributed by atoms with van der Waals surface area (Å²) in [6.45, 7) is 5.54. The molecular formula is C17H28N2O5S. The first-order chi connectivity index (χ1) is 11.9. The van der Waals surface area contributed by atoms with Crippen molar-refractivity contribution in [3.63, 3.8) is 0 Å². The monoisotopic (exact) mass is 372 g/mol. The van der Waals surface area contributed by atoms with Crippen molar-refractivity contribution in [2.75, 3.05) is 32.6 Å². The van der Waals surface area contributed by atoms with Gasteiger partial charge in [-0.1, -0.05) is 25.5 Å². The Morgan fingerprint density at radius 2 is 1.88 bits per heavy atom. The standard InChI is InChI=1S/C17H28N2O5S/c1-4-6-11-18-17(20)19(12-13-23-3)14-15-7-9-16(10-8-15)24-25(21,22)5-2/h7-10H,4-6,11-14H2,1-3H3,(H,18,20). The lowest BCUT2D eigenvalue weighted by atomic mass is 10.2. The number of carbonyl (C=O) groups excluding carboxylic acids is 1. The van der Waals surface area contributed by atoms with Crippen molar-refractivity contribution in [3.8, 4) is 5.75 Å². The summed E-state index contributed by atoms with van der Waals surface area (Å²) in [6, 6.07) is 6.54. The van der Waals surface area contributed by atoms with Crippen LogP contribution in [0.4, 0.5) is 4.79 Å². The van der Waals surface area contributed by atoms with Crippen LogP contribution in [0, 0.1) is 0 Å². The van der Waals surface area contributed by atoms with E-state index in [-0.39, 0.29) is 17.5 Å². The number of nitrogens with one attached hydrogen (secondary N) is 1. The van der Waals surface area contributed by atoms with Crippen molar-refractivity contribution in [1.82, 2.24) is 10.2 Å². The number of hydrogen-bond acceptors (Lipinski definition) is 5. The minimum atomic E-state index is -3.54. The smallest absolute Gasteiger partial charge is 0.317 e. The zero-order chi connectivity index (χ0) is 18.7. The second kappa shape index (κ2) is 10.9. The summed E-state index contributed by atoms with van der Waals surface area (Å²) in [7, 11) is -1.95. The van der Waals surface area contributed by atoms with Gasteiger partial charge in [-0.3, -0.25) is 0 Å². The number of unbranched alkanes of at least 4 members (excludes halogenated alkanes) is 1. The maximum atomic E-state index is 12.3. The van der Waals surface area contributed by atoms with Crippen molar-refractivity contribution in [3.05, 3.63) is 29.8 Å². The molecule has 0 saturated heterocycles. The van der Waals surface area contributed by atoms with Crippen molar-refractivity contribution >= 4 is 16.1 Å². The highest BCUT2D eigenvalue weighted by Crippen LogP contribution is 2.16. The maximum Gasteiger partial charge on any atom is 0.317 e. The molecule has 1 aromatic rings. The largest absolute Gasteiger partial charge is 0.383 e. The summed E-state index contributed by atoms with van der Waals surface area (Å²) >= 11 is 0. The molecular weight excluding hydrogens is 344 g/mol. The van der Waals surface area contributed by atoms with Gasteiger partial charge in [0.25, 0.3) is 0 Å². The molecule has 25 heavy (non-hydrogen) atoms. The van der Waals surface area contributed by atoms with Crippen LogP contribution in [0.3, 0.4) is 0 Å². The Bertz CT molecular complexity index is 616. The summed E-state index contributed by atoms with van der Waals surface area (Å²) in [6.07, 6.45) is 1.95. The third-order valence-corrected chi connectivity index (χ3v) is 4.69. The number of urea groups is 1. The molecule has 1 aromatic carbocycles. The van der Waals surface area contributed by atoms with Gasteiger partial charge in [-0.15, -0.1) is 0 Å². The van der Waals surface area contributed by atoms with Crippen molar-refractivity contribution in [2.24, 2.45) is 0 Å². The first kappa shape index (κ1) is 21.2. The number of hydrogen-bond donors (Lipinski definition) is 1. The lowest BCUT2D eigenvalue weighted by Gasteiger charge is -2.23. The number of ether oxygens (including phenoxy) is 1. The summed E-state index contributed by atoms with van der Waals surface area (Å²) < 4.78 is 32.9. The highest BCUT2D eigenvalue weighted by atomic mass is 32.2. The molecule has 0 bridgehead atoms. The number of nitrogens with zero attached hydrogens (tertiary/aromatic N) is 1. The molecule has 0 atom stereocenters. The van der Waals surface area contributed by atoms with E-state index >= 15 is 0 Å². The fourth-order valence-electron chi connectivity index (χ4n) is 2.01. The quantitative estimate of drug-likeness (QED) is 0.476. The zero-order valence-electron chi connectivity index (χ0n) is 15.2. The number of rotatable bonds is 11. The van der Waals surface area contributed by atoms with E-state index in [9.17, 15) is 13.2 Å². The van der Waals surface area contributed by atoms with E-state index < -0.39 is 10.1 Å². The van der Waals surface area contributed by atoms with Crippen LogP contribution in [0.25, 0.3) is 0 Å². The second-order valence-corrected chi connectivity index (χ2v) is 7.43. The van der Waals surface area contributed by atoms with Gasteiger partial charge in [0.2, 0.25) is 0 Å². The number of benzene rings is 1. The molecule has 0 aliphatic heterocycles. The van der Waals surface area contributed by atoms with Crippen molar-refractivity contribution in [2.45, 2.75) is 33.2 Å². The highest BCUT2D eigenvalue weighted by Gasteiger charge is 2.14. The van der Waals surface area contributed by atoms with Crippen LogP contribution in [0.1, 0.15) is 32.3 Å². The predicted molar refractivity (Wildman–Crippen MR) is 97.1 cm³/mol. The summed E-state index contributed by atoms with van der Waals surface area (Å²) in [5.74, 6) is 0.179. The zero-order valence-corrected chi connectivity index (χ0v) is 16.0. The first-order valence-electron chi connectivity index (χ1n) is 8.44. The lowest BCUT2D eigenvalue weighted by molar-refractivity contribution is 0.146. The summed E-state index contributed by atoms with van der Waals surface area (Å²) in [4.78, 5) is 13.9. The van der Waals surface area contributed by atoms with E-state index in [0.29, 0.717) is 26.2 Å². The number of amides is 2. The lowest BCUT2D eigenvalue weighted by Crippen LogP contribution is -2.41. The van der Waals surface area contributed by atoms with Gasteiger partial charge in [0.15, 0.2) is 0 Å². The van der Waals surface area contributed by atoms with Crippen LogP contribution in [0.15, 0.2) is 24.3 Å². The summed E-state index contributed by atoms with van der Waals surface area (Å²) in [5, 5.41) is 2.89. The molecule has 8 heteroatoms. The first-order valence-corrected chi connectivity index (χ1v) is 10.0. The van der Waals surface area contributed by atoms with Gasteiger partial charge < -0.3 is 19.1 Å². The van der Waals surface area contributed by atoms with E-state index in [2.05, 4.69) is 12.2 Å². The topological polar surface area (TPSA) is 84.9 Å². The predicted octanol–water partition coefficient (Wildman–Crippen LogP) is 2.37. The molecule has 0 aliphatic carbocycles. The van der Waals surface area contributed by atoms with Gasteiger partial charge in [-0.25, -0.2) is 4.79 Å². The molecule has 0 aromatic heterocycles. The maximum absolute atomic E-state index is 12.3. The van der Waals surface area contributed by atoms with Gasteiger partial charge in [0, 0.05) is 26.7 Å². The Morgan fingerprint density at radius 1 is 1.20 bits per heavy atom. The fourth-order valence-corrected chi connectivity index (χ4v) is 2.54. The molecule has 0 radical (unpaired) electrons. The van der Waals surface area contributed by atoms with E-state index in [1.807, 2.05) is 0 Å². The molecule has 142 valence electrons. The van der Waals surface area contributed by atoms with Gasteiger partial charge in [0.1, 0.15) is 5.75 Å². The average Bonchev–Trinajstić information content (AvgIpc) is 2.60. The second-order valence-electron chi connectivity index (χ2n) is 5.57. The molecule has 0 saturated carbocycles. The van der Waals surface area contributed by atoms with Crippen LogP contribution in [-0.2, 0) is 21.4 Å². The van der Waals surface area contributed by atoms with E-state index in [1.54, 1.807) is 36.3 Å². The minimum absolute atomic E-state index is 0.0858. The Balaban J connectivity index is 2.70. The van der Waals surface area contributed by atoms with Crippen LogP contribution in [0.5, 0.6) is 5.75 Å². The fraction of sp³-hybridized carbons (Fsp3) is 0.588. The van der Waals surface area contributed by atoms with Crippen LogP contribution < -0.4 is 9.50 Å². The average molecular weight is 372 g/mol. The molecule has 0 spiro atoms. The Hall–Kier alpha value is -1.80. The Labute approximate surface area is 150 Å². The van der Waals surface area contributed by atoms with Crippen molar-refractivity contribution in [1.29, 1.82) is 0 Å². The van der Waals surface area contributed by atoms with Crippen LogP contribution in [-0.4, -0.2) is 51.9 Å². The van der Waals surface area contributed by atoms with E-state index in [0.717, 1.165) is 18.4 Å². The molecule has 2 amide bonds. The highest BCUT2D eigenvalue weighted by molar-refractivity contribution is 7.87. The third-order valence-electron chi connectivity index (χ3n) is 3.53. The van der Waals surface area contributed by atoms with Gasteiger partial charge >= 0.3 is 16.1 Å². The molecule has 0 unspecified atom stereocenters. The molecule has 0 fully saturated rings. The number of carbonyl (C=O) groups is 1. The van der Waals surface area contributed by atoms with E-state index in [4.69, 9.17) is 8.92 Å². The Morgan fingerprint density at radius 3 is 2.44 bits per heavy atom. The molecule has 0 heterocycles. The van der Waals surface area contributed by atoms with Gasteiger partial charge in [-0.05, 0) is 31.0 Å². The van der Waals surface area contributed by atoms with Crippen molar-refractivity contribution < 1.29 is 22.1 Å². The SMILES string of the molecule is CCCCNC(=O)N(CCOC)Cc1ccc(OS(=O)(=O)CC)cc1. The van der Waals surface area contributed by atoms with Crippen LogP contribution in [0.2, 0.25) is 0 Å². The van der Waals surface area contributed by atoms with Crippen LogP contribution >= 0.6 is 0 Å². The molecule has 1 N–H and O–H groups in total. The summed E-state index contributed by atoms with van der Waals surface area (Å²) in [5.41, 5.74) is 0.878. The third kappa shape index (κ3) is 8.22. The number of methoxy groups -OCH3 is 1. The van der Waals surface area contributed by atoms with E-state index in [1.165, 1.54) is 6.92 Å². The normalized spacial score (nSPS) is 11.2. The Kier molecular flexibility index (Phi) is 9.30. The molecule has 7 nitrogen and oxygen atoms in total.